The molecule has 28 heavy (non-hydrogen) atoms. The van der Waals surface area contributed by atoms with Crippen molar-refractivity contribution in [3.8, 4) is 11.6 Å². The number of hydrogen-bond donors (Lipinski definition) is 1. The third-order valence-electron chi connectivity index (χ3n) is 4.48. The van der Waals surface area contributed by atoms with Crippen molar-refractivity contribution in [1.29, 1.82) is 0 Å². The minimum Gasteiger partial charge on any atom is -0.437 e. The van der Waals surface area contributed by atoms with Crippen LogP contribution in [0.1, 0.15) is 32.9 Å². The molecule has 1 amide bonds. The molecule has 1 N–H and O–H groups in total. The summed E-state index contributed by atoms with van der Waals surface area (Å²) >= 11 is 0. The van der Waals surface area contributed by atoms with Crippen molar-refractivity contribution in [3.05, 3.63) is 81.2 Å². The van der Waals surface area contributed by atoms with Gasteiger partial charge < -0.3 is 14.6 Å². The van der Waals surface area contributed by atoms with Gasteiger partial charge in [0.15, 0.2) is 0 Å². The molecule has 7 heteroatoms. The number of pyridine rings is 3. The van der Waals surface area contributed by atoms with E-state index in [0.29, 0.717) is 22.8 Å². The van der Waals surface area contributed by atoms with Crippen LogP contribution in [0.3, 0.4) is 0 Å². The van der Waals surface area contributed by atoms with Crippen molar-refractivity contribution < 1.29 is 9.53 Å². The zero-order chi connectivity index (χ0) is 20.3. The predicted octanol–water partition coefficient (Wildman–Crippen LogP) is 2.82. The van der Waals surface area contributed by atoms with Gasteiger partial charge in [0.25, 0.3) is 11.5 Å². The summed E-state index contributed by atoms with van der Waals surface area (Å²) in [5.41, 5.74) is 2.85. The van der Waals surface area contributed by atoms with E-state index in [2.05, 4.69) is 15.3 Å². The van der Waals surface area contributed by atoms with Gasteiger partial charge in [-0.2, -0.15) is 0 Å². The molecule has 0 bridgehead atoms. The van der Waals surface area contributed by atoms with Crippen LogP contribution in [-0.2, 0) is 13.6 Å². The Morgan fingerprint density at radius 2 is 1.96 bits per heavy atom. The Morgan fingerprint density at radius 3 is 2.68 bits per heavy atom. The van der Waals surface area contributed by atoms with Gasteiger partial charge in [-0.05, 0) is 50.6 Å². The van der Waals surface area contributed by atoms with Crippen molar-refractivity contribution in [1.82, 2.24) is 19.9 Å². The molecule has 0 aliphatic rings. The first-order valence-corrected chi connectivity index (χ1v) is 8.86. The van der Waals surface area contributed by atoms with Crippen LogP contribution in [0.15, 0.2) is 47.5 Å². The summed E-state index contributed by atoms with van der Waals surface area (Å²) in [6.45, 7) is 5.65. The number of ether oxygens (including phenoxy) is 1. The van der Waals surface area contributed by atoms with E-state index >= 15 is 0 Å². The Morgan fingerprint density at radius 1 is 1.18 bits per heavy atom. The fraction of sp³-hybridized carbons (Fsp3) is 0.238. The number of nitrogens with zero attached hydrogens (tertiary/aromatic N) is 3. The average Bonchev–Trinajstić information content (AvgIpc) is 2.67. The van der Waals surface area contributed by atoms with E-state index in [1.807, 2.05) is 32.0 Å². The molecule has 0 radical (unpaired) electrons. The monoisotopic (exact) mass is 378 g/mol. The molecule has 0 saturated heterocycles. The third kappa shape index (κ3) is 4.09. The lowest BCUT2D eigenvalue weighted by Gasteiger charge is -2.13. The molecule has 3 heterocycles. The fourth-order valence-electron chi connectivity index (χ4n) is 2.80. The van der Waals surface area contributed by atoms with E-state index in [1.54, 1.807) is 38.5 Å². The molecule has 0 aliphatic heterocycles. The quantitative estimate of drug-likeness (QED) is 0.738. The van der Waals surface area contributed by atoms with E-state index < -0.39 is 5.91 Å². The molecule has 0 atom stereocenters. The maximum absolute atomic E-state index is 12.6. The average molecular weight is 378 g/mol. The van der Waals surface area contributed by atoms with Crippen LogP contribution < -0.4 is 15.6 Å². The second-order valence-corrected chi connectivity index (χ2v) is 6.60. The van der Waals surface area contributed by atoms with Gasteiger partial charge in [-0.15, -0.1) is 0 Å². The second-order valence-electron chi connectivity index (χ2n) is 6.60. The van der Waals surface area contributed by atoms with Gasteiger partial charge in [0.2, 0.25) is 5.88 Å². The van der Waals surface area contributed by atoms with Crippen molar-refractivity contribution in [2.75, 3.05) is 0 Å². The molecule has 0 unspecified atom stereocenters. The first-order chi connectivity index (χ1) is 13.4. The second kappa shape index (κ2) is 8.04. The summed E-state index contributed by atoms with van der Waals surface area (Å²) in [7, 11) is 1.65. The van der Waals surface area contributed by atoms with Crippen LogP contribution in [0, 0.1) is 20.8 Å². The maximum Gasteiger partial charge on any atom is 0.263 e. The Kier molecular flexibility index (Phi) is 5.54. The molecule has 3 aromatic rings. The Bertz CT molecular complexity index is 1070. The van der Waals surface area contributed by atoms with Gasteiger partial charge in [-0.3, -0.25) is 14.6 Å². The normalized spacial score (nSPS) is 10.6. The number of hydrogen-bond acceptors (Lipinski definition) is 5. The highest BCUT2D eigenvalue weighted by Gasteiger charge is 2.17. The zero-order valence-electron chi connectivity index (χ0n) is 16.3. The maximum atomic E-state index is 12.6. The van der Waals surface area contributed by atoms with E-state index in [1.165, 1.54) is 4.57 Å². The van der Waals surface area contributed by atoms with Crippen molar-refractivity contribution in [3.63, 3.8) is 0 Å². The lowest BCUT2D eigenvalue weighted by atomic mass is 10.1. The topological polar surface area (TPSA) is 86.1 Å². The largest absolute Gasteiger partial charge is 0.437 e. The van der Waals surface area contributed by atoms with E-state index in [4.69, 9.17) is 4.74 Å². The molecule has 0 aromatic carbocycles. The lowest BCUT2D eigenvalue weighted by Crippen LogP contribution is -2.33. The van der Waals surface area contributed by atoms with Gasteiger partial charge >= 0.3 is 0 Å². The lowest BCUT2D eigenvalue weighted by molar-refractivity contribution is 0.0948. The molecular weight excluding hydrogens is 356 g/mol. The van der Waals surface area contributed by atoms with Crippen LogP contribution in [0.2, 0.25) is 0 Å². The third-order valence-corrected chi connectivity index (χ3v) is 4.48. The summed E-state index contributed by atoms with van der Waals surface area (Å²) in [6, 6.07) is 9.04. The highest BCUT2D eigenvalue weighted by molar-refractivity contribution is 5.95. The summed E-state index contributed by atoms with van der Waals surface area (Å²) in [4.78, 5) is 33.5. The first-order valence-electron chi connectivity index (χ1n) is 8.86. The number of carbonyl (C=O) groups is 1. The highest BCUT2D eigenvalue weighted by Crippen LogP contribution is 2.22. The number of aryl methyl sites for hydroxylation is 3. The smallest absolute Gasteiger partial charge is 0.263 e. The van der Waals surface area contributed by atoms with E-state index in [9.17, 15) is 9.59 Å². The molecule has 3 rings (SSSR count). The number of carbonyl (C=O) groups excluding carboxylic acids is 1. The summed E-state index contributed by atoms with van der Waals surface area (Å²) in [5.74, 6) is 0.506. The molecule has 0 saturated carbocycles. The molecule has 0 spiro atoms. The summed E-state index contributed by atoms with van der Waals surface area (Å²) in [5, 5.41) is 2.79. The van der Waals surface area contributed by atoms with Crippen molar-refractivity contribution in [2.24, 2.45) is 7.05 Å². The van der Waals surface area contributed by atoms with Gasteiger partial charge in [0.05, 0.1) is 6.20 Å². The Hall–Kier alpha value is -3.48. The van der Waals surface area contributed by atoms with Crippen molar-refractivity contribution >= 4 is 5.91 Å². The van der Waals surface area contributed by atoms with Crippen LogP contribution in [0.5, 0.6) is 11.6 Å². The fourth-order valence-corrected chi connectivity index (χ4v) is 2.80. The number of amides is 1. The first kappa shape index (κ1) is 19.3. The molecule has 0 fully saturated rings. The number of aromatic nitrogens is 3. The Labute approximate surface area is 163 Å². The van der Waals surface area contributed by atoms with Crippen LogP contribution in [0.4, 0.5) is 0 Å². The zero-order valence-corrected chi connectivity index (χ0v) is 16.3. The predicted molar refractivity (Wildman–Crippen MR) is 106 cm³/mol. The van der Waals surface area contributed by atoms with Gasteiger partial charge in [0.1, 0.15) is 11.3 Å². The number of rotatable bonds is 5. The molecule has 144 valence electrons. The highest BCUT2D eigenvalue weighted by atomic mass is 16.5. The molecular formula is C21H22N4O3. The molecule has 0 aliphatic carbocycles. The standard InChI is InChI=1S/C21H22N4O3/c1-13-10-15(3)25(4)21(27)18(13)19(26)24-11-16-6-5-9-22-20(16)28-17-8-7-14(2)23-12-17/h5-10,12H,11H2,1-4H3,(H,24,26). The van der Waals surface area contributed by atoms with Gasteiger partial charge in [0, 0.05) is 36.7 Å². The van der Waals surface area contributed by atoms with Crippen LogP contribution in [-0.4, -0.2) is 20.4 Å². The minimum atomic E-state index is -0.426. The summed E-state index contributed by atoms with van der Waals surface area (Å²) in [6.07, 6.45) is 3.23. The summed E-state index contributed by atoms with van der Waals surface area (Å²) < 4.78 is 7.26. The van der Waals surface area contributed by atoms with E-state index in [-0.39, 0.29) is 17.7 Å². The van der Waals surface area contributed by atoms with E-state index in [0.717, 1.165) is 11.4 Å². The Balaban J connectivity index is 1.79. The van der Waals surface area contributed by atoms with Gasteiger partial charge in [-0.1, -0.05) is 6.07 Å². The number of nitrogens with one attached hydrogen (secondary N) is 1. The van der Waals surface area contributed by atoms with Gasteiger partial charge in [-0.25, -0.2) is 4.98 Å². The van der Waals surface area contributed by atoms with Crippen molar-refractivity contribution in [2.45, 2.75) is 27.3 Å². The molecule has 3 aromatic heterocycles. The molecule has 7 nitrogen and oxygen atoms in total. The van der Waals surface area contributed by atoms with Crippen LogP contribution in [0.25, 0.3) is 0 Å². The SMILES string of the molecule is Cc1ccc(Oc2ncccc2CNC(=O)c2c(C)cc(C)n(C)c2=O)cn1. The van der Waals surface area contributed by atoms with Crippen LogP contribution >= 0.6 is 0 Å². The minimum absolute atomic E-state index is 0.141.